The number of nitrogens with one attached hydrogen (secondary N) is 1. The molecule has 0 aliphatic carbocycles. The van der Waals surface area contributed by atoms with Gasteiger partial charge in [0.2, 0.25) is 0 Å². The number of carbonyl (C=O) groups is 1. The molecule has 4 rings (SSSR count). The monoisotopic (exact) mass is 418 g/mol. The number of anilines is 1. The molecule has 0 aliphatic rings. The Hall–Kier alpha value is -3.18. The molecule has 2 aromatic heterocycles. The maximum atomic E-state index is 13.3. The number of hydrogen-bond donors (Lipinski definition) is 1. The summed E-state index contributed by atoms with van der Waals surface area (Å²) >= 11 is 6.33. The van der Waals surface area contributed by atoms with Crippen LogP contribution in [0.2, 0.25) is 5.02 Å². The molecule has 4 aromatic rings. The summed E-state index contributed by atoms with van der Waals surface area (Å²) in [6.07, 6.45) is 0. The Bertz CT molecular complexity index is 1310. The highest BCUT2D eigenvalue weighted by Crippen LogP contribution is 2.29. The number of amides is 1. The molecule has 0 bridgehead atoms. The lowest BCUT2D eigenvalue weighted by atomic mass is 10.1. The van der Waals surface area contributed by atoms with Crippen LogP contribution in [0.3, 0.4) is 0 Å². The maximum absolute atomic E-state index is 13.3. The second-order valence-electron chi connectivity index (χ2n) is 7.66. The van der Waals surface area contributed by atoms with E-state index in [0.29, 0.717) is 16.2 Å². The van der Waals surface area contributed by atoms with E-state index in [-0.39, 0.29) is 5.91 Å². The zero-order valence-corrected chi connectivity index (χ0v) is 18.4. The van der Waals surface area contributed by atoms with E-state index in [1.54, 1.807) is 4.68 Å². The summed E-state index contributed by atoms with van der Waals surface area (Å²) in [5.41, 5.74) is 7.35. The third-order valence-electron chi connectivity index (χ3n) is 5.29. The molecule has 0 spiro atoms. The van der Waals surface area contributed by atoms with Crippen LogP contribution in [0.1, 0.15) is 38.4 Å². The Balaban J connectivity index is 1.88. The fraction of sp³-hybridized carbons (Fsp3) is 0.208. The molecule has 2 heterocycles. The van der Waals surface area contributed by atoms with E-state index in [2.05, 4.69) is 5.32 Å². The van der Waals surface area contributed by atoms with Crippen molar-refractivity contribution in [1.29, 1.82) is 0 Å². The Morgan fingerprint density at radius 3 is 2.57 bits per heavy atom. The number of rotatable bonds is 3. The summed E-state index contributed by atoms with van der Waals surface area (Å²) in [6, 6.07) is 13.5. The van der Waals surface area contributed by atoms with Crippen LogP contribution in [0.15, 0.2) is 42.5 Å². The minimum Gasteiger partial charge on any atom is -0.322 e. The van der Waals surface area contributed by atoms with E-state index in [9.17, 15) is 4.79 Å². The molecular weight excluding hydrogens is 396 g/mol. The molecule has 5 nitrogen and oxygen atoms in total. The second kappa shape index (κ2) is 7.58. The molecule has 0 atom stereocenters. The van der Waals surface area contributed by atoms with Crippen molar-refractivity contribution < 1.29 is 4.79 Å². The molecule has 0 fully saturated rings. The van der Waals surface area contributed by atoms with Crippen molar-refractivity contribution in [1.82, 2.24) is 14.8 Å². The van der Waals surface area contributed by atoms with Gasteiger partial charge in [-0.15, -0.1) is 0 Å². The average molecular weight is 419 g/mol. The fourth-order valence-electron chi connectivity index (χ4n) is 3.65. The summed E-state index contributed by atoms with van der Waals surface area (Å²) < 4.78 is 1.77. The van der Waals surface area contributed by atoms with Crippen LogP contribution in [-0.2, 0) is 0 Å². The quantitative estimate of drug-likeness (QED) is 0.452. The largest absolute Gasteiger partial charge is 0.322 e. The van der Waals surface area contributed by atoms with Gasteiger partial charge in [0.15, 0.2) is 5.65 Å². The van der Waals surface area contributed by atoms with Crippen molar-refractivity contribution in [3.63, 3.8) is 0 Å². The normalized spacial score (nSPS) is 11.1. The molecule has 152 valence electrons. The average Bonchev–Trinajstić information content (AvgIpc) is 3.02. The van der Waals surface area contributed by atoms with Crippen LogP contribution < -0.4 is 5.32 Å². The fourth-order valence-corrected chi connectivity index (χ4v) is 3.82. The number of fused-ring (bicyclic) bond motifs is 1. The topological polar surface area (TPSA) is 59.8 Å². The molecule has 6 heteroatoms. The molecule has 1 N–H and O–H groups in total. The molecule has 0 radical (unpaired) electrons. The van der Waals surface area contributed by atoms with E-state index >= 15 is 0 Å². The lowest BCUT2D eigenvalue weighted by molar-refractivity contribution is 0.102. The zero-order valence-electron chi connectivity index (χ0n) is 17.7. The number of aromatic nitrogens is 3. The van der Waals surface area contributed by atoms with E-state index in [1.807, 2.05) is 77.1 Å². The highest BCUT2D eigenvalue weighted by Gasteiger charge is 2.21. The summed E-state index contributed by atoms with van der Waals surface area (Å²) in [6.45, 7) is 9.71. The molecule has 0 saturated carbocycles. The van der Waals surface area contributed by atoms with Crippen LogP contribution >= 0.6 is 11.6 Å². The lowest BCUT2D eigenvalue weighted by Crippen LogP contribution is -2.14. The van der Waals surface area contributed by atoms with Gasteiger partial charge in [-0.2, -0.15) is 5.10 Å². The van der Waals surface area contributed by atoms with Gasteiger partial charge < -0.3 is 5.32 Å². The third kappa shape index (κ3) is 3.46. The number of halogens is 1. The lowest BCUT2D eigenvalue weighted by Gasteiger charge is -2.12. The molecule has 0 aliphatic heterocycles. The van der Waals surface area contributed by atoms with Crippen LogP contribution in [0.5, 0.6) is 0 Å². The first-order valence-electron chi connectivity index (χ1n) is 9.77. The highest BCUT2D eigenvalue weighted by atomic mass is 35.5. The smallest absolute Gasteiger partial charge is 0.256 e. The molecular formula is C24H23ClN4O. The Morgan fingerprint density at radius 2 is 1.80 bits per heavy atom. The number of hydrogen-bond acceptors (Lipinski definition) is 3. The minimum absolute atomic E-state index is 0.176. The number of aryl methyl sites for hydroxylation is 4. The van der Waals surface area contributed by atoms with Gasteiger partial charge in [0.25, 0.3) is 5.91 Å². The number of nitrogens with zero attached hydrogens (tertiary/aromatic N) is 3. The molecule has 0 saturated heterocycles. The summed E-state index contributed by atoms with van der Waals surface area (Å²) in [4.78, 5) is 18.0. The standard InChI is InChI=1S/C24H23ClN4O/c1-13-9-10-14(2)20(11-13)27-24(30)18-12-15(3)26-23-22(18)17(5)28-29(23)21-8-6-7-19(25)16(21)4/h6-12H,1-5H3,(H,27,30). The van der Waals surface area contributed by atoms with E-state index in [4.69, 9.17) is 21.7 Å². The van der Waals surface area contributed by atoms with Crippen LogP contribution in [-0.4, -0.2) is 20.7 Å². The first-order valence-corrected chi connectivity index (χ1v) is 10.1. The van der Waals surface area contributed by atoms with Gasteiger partial charge in [-0.05, 0) is 75.6 Å². The van der Waals surface area contributed by atoms with Gasteiger partial charge in [0, 0.05) is 16.4 Å². The predicted octanol–water partition coefficient (Wildman–Crippen LogP) is 5.87. The van der Waals surface area contributed by atoms with Crippen molar-refractivity contribution >= 4 is 34.2 Å². The van der Waals surface area contributed by atoms with Gasteiger partial charge >= 0.3 is 0 Å². The number of benzene rings is 2. The SMILES string of the molecule is Cc1ccc(C)c(NC(=O)c2cc(C)nc3c2c(C)nn3-c2cccc(Cl)c2C)c1. The summed E-state index contributed by atoms with van der Waals surface area (Å²) in [5, 5.41) is 9.16. The maximum Gasteiger partial charge on any atom is 0.256 e. The van der Waals surface area contributed by atoms with Crippen LogP contribution in [0.25, 0.3) is 16.7 Å². The van der Waals surface area contributed by atoms with Crippen molar-refractivity contribution in [3.05, 3.63) is 81.1 Å². The van der Waals surface area contributed by atoms with Gasteiger partial charge in [0.05, 0.1) is 22.3 Å². The van der Waals surface area contributed by atoms with E-state index in [0.717, 1.165) is 44.8 Å². The van der Waals surface area contributed by atoms with Crippen LogP contribution in [0, 0.1) is 34.6 Å². The number of carbonyl (C=O) groups excluding carboxylic acids is 1. The molecule has 30 heavy (non-hydrogen) atoms. The Morgan fingerprint density at radius 1 is 1.03 bits per heavy atom. The van der Waals surface area contributed by atoms with Gasteiger partial charge in [-0.1, -0.05) is 29.8 Å². The molecule has 0 unspecified atom stereocenters. The van der Waals surface area contributed by atoms with Crippen molar-refractivity contribution in [3.8, 4) is 5.69 Å². The first kappa shape index (κ1) is 20.1. The highest BCUT2D eigenvalue weighted by molar-refractivity contribution is 6.31. The zero-order chi connectivity index (χ0) is 21.6. The second-order valence-corrected chi connectivity index (χ2v) is 8.07. The van der Waals surface area contributed by atoms with Crippen LogP contribution in [0.4, 0.5) is 5.69 Å². The summed E-state index contributed by atoms with van der Waals surface area (Å²) in [5.74, 6) is -0.176. The number of pyridine rings is 1. The van der Waals surface area contributed by atoms with E-state index in [1.165, 1.54) is 0 Å². The molecule has 2 aromatic carbocycles. The molecule has 1 amide bonds. The van der Waals surface area contributed by atoms with Gasteiger partial charge in [-0.3, -0.25) is 4.79 Å². The first-order chi connectivity index (χ1) is 14.3. The third-order valence-corrected chi connectivity index (χ3v) is 5.70. The minimum atomic E-state index is -0.176. The summed E-state index contributed by atoms with van der Waals surface area (Å²) in [7, 11) is 0. The Kier molecular flexibility index (Phi) is 5.08. The van der Waals surface area contributed by atoms with Gasteiger partial charge in [-0.25, -0.2) is 9.67 Å². The van der Waals surface area contributed by atoms with Crippen molar-refractivity contribution in [2.75, 3.05) is 5.32 Å². The Labute approximate surface area is 180 Å². The van der Waals surface area contributed by atoms with E-state index < -0.39 is 0 Å². The van der Waals surface area contributed by atoms with Crippen molar-refractivity contribution in [2.24, 2.45) is 0 Å². The van der Waals surface area contributed by atoms with Gasteiger partial charge in [0.1, 0.15) is 0 Å². The predicted molar refractivity (Wildman–Crippen MR) is 122 cm³/mol. The van der Waals surface area contributed by atoms with Crippen molar-refractivity contribution in [2.45, 2.75) is 34.6 Å².